The summed E-state index contributed by atoms with van der Waals surface area (Å²) in [5.74, 6) is 0.813. The third-order valence-electron chi connectivity index (χ3n) is 2.47. The van der Waals surface area contributed by atoms with E-state index in [9.17, 15) is 0 Å². The molecule has 0 bridgehead atoms. The lowest BCUT2D eigenvalue weighted by Crippen LogP contribution is -2.42. The van der Waals surface area contributed by atoms with Gasteiger partial charge in [0.25, 0.3) is 0 Å². The zero-order chi connectivity index (χ0) is 8.60. The zero-order valence-electron chi connectivity index (χ0n) is 6.95. The molecule has 1 saturated heterocycles. The van der Waals surface area contributed by atoms with Crippen molar-refractivity contribution in [1.82, 2.24) is 15.2 Å². The number of H-pyrrole nitrogens is 1. The Labute approximate surface area is 70.3 Å². The van der Waals surface area contributed by atoms with Crippen molar-refractivity contribution < 1.29 is 4.74 Å². The van der Waals surface area contributed by atoms with Crippen molar-refractivity contribution in [2.24, 2.45) is 5.73 Å². The third-order valence-corrected chi connectivity index (χ3v) is 2.47. The molecule has 0 amide bonds. The van der Waals surface area contributed by atoms with Crippen LogP contribution in [0.15, 0.2) is 6.33 Å². The maximum Gasteiger partial charge on any atom is 0.137 e. The Balaban J connectivity index is 2.32. The van der Waals surface area contributed by atoms with E-state index in [1.807, 2.05) is 6.92 Å². The summed E-state index contributed by atoms with van der Waals surface area (Å²) in [4.78, 5) is 4.09. The molecule has 2 atom stereocenters. The lowest BCUT2D eigenvalue weighted by molar-refractivity contribution is 0.178. The molecular formula is C7H12N4O. The predicted molar refractivity (Wildman–Crippen MR) is 42.5 cm³/mol. The molecule has 0 radical (unpaired) electrons. The largest absolute Gasteiger partial charge is 0.379 e. The summed E-state index contributed by atoms with van der Waals surface area (Å²) in [5, 5.41) is 6.63. The van der Waals surface area contributed by atoms with Crippen LogP contribution >= 0.6 is 0 Å². The molecule has 1 fully saturated rings. The summed E-state index contributed by atoms with van der Waals surface area (Å²) in [6.07, 6.45) is 1.49. The highest BCUT2D eigenvalue weighted by atomic mass is 16.5. The van der Waals surface area contributed by atoms with Gasteiger partial charge in [0, 0.05) is 6.04 Å². The number of hydrogen-bond acceptors (Lipinski definition) is 4. The topological polar surface area (TPSA) is 76.8 Å². The SMILES string of the molecule is CC1(c2ncn[nH]2)COCC1N. The highest BCUT2D eigenvalue weighted by molar-refractivity contribution is 5.12. The molecular weight excluding hydrogens is 156 g/mol. The summed E-state index contributed by atoms with van der Waals surface area (Å²) in [6.45, 7) is 3.24. The number of nitrogens with two attached hydrogens (primary N) is 1. The van der Waals surface area contributed by atoms with E-state index in [4.69, 9.17) is 10.5 Å². The van der Waals surface area contributed by atoms with E-state index in [-0.39, 0.29) is 11.5 Å². The van der Waals surface area contributed by atoms with E-state index in [2.05, 4.69) is 15.2 Å². The molecule has 0 aromatic carbocycles. The summed E-state index contributed by atoms with van der Waals surface area (Å²) in [7, 11) is 0. The minimum absolute atomic E-state index is 0.00505. The number of nitrogens with one attached hydrogen (secondary N) is 1. The van der Waals surface area contributed by atoms with Crippen LogP contribution in [0.5, 0.6) is 0 Å². The van der Waals surface area contributed by atoms with Crippen LogP contribution < -0.4 is 5.73 Å². The molecule has 2 heterocycles. The van der Waals surface area contributed by atoms with Crippen LogP contribution in [-0.4, -0.2) is 34.4 Å². The summed E-state index contributed by atoms with van der Waals surface area (Å²) in [6, 6.07) is 0.00505. The Kier molecular flexibility index (Phi) is 1.62. The standard InChI is InChI=1S/C7H12N4O/c1-7(3-12-2-5(7)8)6-9-4-10-11-6/h4-5H,2-3,8H2,1H3,(H,9,10,11). The van der Waals surface area contributed by atoms with Crippen molar-refractivity contribution in [3.8, 4) is 0 Å². The monoisotopic (exact) mass is 168 g/mol. The summed E-state index contributed by atoms with van der Waals surface area (Å²) in [5.41, 5.74) is 5.69. The van der Waals surface area contributed by atoms with Gasteiger partial charge < -0.3 is 10.5 Å². The first-order valence-corrected chi connectivity index (χ1v) is 3.92. The molecule has 2 rings (SSSR count). The van der Waals surface area contributed by atoms with Gasteiger partial charge in [-0.1, -0.05) is 0 Å². The van der Waals surface area contributed by atoms with E-state index in [1.54, 1.807) is 0 Å². The van der Waals surface area contributed by atoms with Gasteiger partial charge in [0.2, 0.25) is 0 Å². The molecule has 3 N–H and O–H groups in total. The van der Waals surface area contributed by atoms with Crippen molar-refractivity contribution in [2.75, 3.05) is 13.2 Å². The number of rotatable bonds is 1. The fourth-order valence-corrected chi connectivity index (χ4v) is 1.41. The molecule has 5 heteroatoms. The van der Waals surface area contributed by atoms with Crippen molar-refractivity contribution in [3.63, 3.8) is 0 Å². The fourth-order valence-electron chi connectivity index (χ4n) is 1.41. The molecule has 1 aliphatic heterocycles. The normalized spacial score (nSPS) is 35.7. The smallest absolute Gasteiger partial charge is 0.137 e. The molecule has 1 aliphatic rings. The molecule has 2 unspecified atom stereocenters. The van der Waals surface area contributed by atoms with Crippen molar-refractivity contribution in [2.45, 2.75) is 18.4 Å². The van der Waals surface area contributed by atoms with Gasteiger partial charge in [0.15, 0.2) is 0 Å². The summed E-state index contributed by atoms with van der Waals surface area (Å²) < 4.78 is 5.28. The molecule has 0 saturated carbocycles. The van der Waals surface area contributed by atoms with Gasteiger partial charge in [-0.25, -0.2) is 4.98 Å². The Morgan fingerprint density at radius 3 is 3.17 bits per heavy atom. The van der Waals surface area contributed by atoms with E-state index < -0.39 is 0 Å². The number of nitrogens with zero attached hydrogens (tertiary/aromatic N) is 2. The van der Waals surface area contributed by atoms with Gasteiger partial charge in [-0.05, 0) is 6.92 Å². The van der Waals surface area contributed by atoms with Gasteiger partial charge in [-0.2, -0.15) is 5.10 Å². The van der Waals surface area contributed by atoms with Crippen molar-refractivity contribution in [1.29, 1.82) is 0 Å². The van der Waals surface area contributed by atoms with Gasteiger partial charge >= 0.3 is 0 Å². The number of hydrogen-bond donors (Lipinski definition) is 2. The maximum atomic E-state index is 5.89. The molecule has 0 spiro atoms. The van der Waals surface area contributed by atoms with Crippen LogP contribution in [0.2, 0.25) is 0 Å². The first kappa shape index (κ1) is 7.70. The second kappa shape index (κ2) is 2.53. The van der Waals surface area contributed by atoms with E-state index in [1.165, 1.54) is 6.33 Å². The quantitative estimate of drug-likeness (QED) is 0.588. The van der Waals surface area contributed by atoms with E-state index in [0.717, 1.165) is 5.82 Å². The second-order valence-corrected chi connectivity index (χ2v) is 3.37. The highest BCUT2D eigenvalue weighted by Crippen LogP contribution is 2.28. The van der Waals surface area contributed by atoms with Crippen molar-refractivity contribution in [3.05, 3.63) is 12.2 Å². The highest BCUT2D eigenvalue weighted by Gasteiger charge is 2.41. The number of aromatic amines is 1. The Bertz CT molecular complexity index is 260. The molecule has 1 aromatic heterocycles. The molecule has 66 valence electrons. The van der Waals surface area contributed by atoms with Gasteiger partial charge in [0.1, 0.15) is 12.2 Å². The third kappa shape index (κ3) is 0.937. The summed E-state index contributed by atoms with van der Waals surface area (Å²) >= 11 is 0. The fraction of sp³-hybridized carbons (Fsp3) is 0.714. The van der Waals surface area contributed by atoms with Crippen LogP contribution in [0.4, 0.5) is 0 Å². The Hall–Kier alpha value is -0.940. The minimum atomic E-state index is -0.198. The zero-order valence-corrected chi connectivity index (χ0v) is 6.95. The second-order valence-electron chi connectivity index (χ2n) is 3.37. The molecule has 1 aromatic rings. The van der Waals surface area contributed by atoms with Crippen LogP contribution in [-0.2, 0) is 10.2 Å². The lowest BCUT2D eigenvalue weighted by Gasteiger charge is -2.23. The number of aromatic nitrogens is 3. The molecule has 0 aliphatic carbocycles. The minimum Gasteiger partial charge on any atom is -0.379 e. The van der Waals surface area contributed by atoms with Gasteiger partial charge in [-0.3, -0.25) is 5.10 Å². The van der Waals surface area contributed by atoms with Crippen LogP contribution in [0.3, 0.4) is 0 Å². The first-order valence-electron chi connectivity index (χ1n) is 3.92. The van der Waals surface area contributed by atoms with Gasteiger partial charge in [0.05, 0.1) is 18.6 Å². The predicted octanol–water partition coefficient (Wildman–Crippen LogP) is -0.580. The van der Waals surface area contributed by atoms with E-state index in [0.29, 0.717) is 13.2 Å². The van der Waals surface area contributed by atoms with E-state index >= 15 is 0 Å². The molecule has 5 nitrogen and oxygen atoms in total. The molecule has 12 heavy (non-hydrogen) atoms. The average molecular weight is 168 g/mol. The van der Waals surface area contributed by atoms with Gasteiger partial charge in [-0.15, -0.1) is 0 Å². The van der Waals surface area contributed by atoms with Crippen LogP contribution in [0.1, 0.15) is 12.7 Å². The van der Waals surface area contributed by atoms with Crippen LogP contribution in [0.25, 0.3) is 0 Å². The maximum absolute atomic E-state index is 5.89. The van der Waals surface area contributed by atoms with Crippen molar-refractivity contribution >= 4 is 0 Å². The Morgan fingerprint density at radius 1 is 1.83 bits per heavy atom. The first-order chi connectivity index (χ1) is 5.73. The average Bonchev–Trinajstić information content (AvgIpc) is 2.62. The number of ether oxygens (including phenoxy) is 1. The lowest BCUT2D eigenvalue weighted by atomic mass is 9.85. The van der Waals surface area contributed by atoms with Crippen LogP contribution in [0, 0.1) is 0 Å². The Morgan fingerprint density at radius 2 is 2.67 bits per heavy atom.